The topological polar surface area (TPSA) is 112 Å². The van der Waals surface area contributed by atoms with Gasteiger partial charge < -0.3 is 10.1 Å². The van der Waals surface area contributed by atoms with Gasteiger partial charge in [-0.1, -0.05) is 6.07 Å². The van der Waals surface area contributed by atoms with Gasteiger partial charge in [0.05, 0.1) is 12.2 Å². The summed E-state index contributed by atoms with van der Waals surface area (Å²) >= 11 is 0. The maximum Gasteiger partial charge on any atom is 0.354 e. The van der Waals surface area contributed by atoms with Crippen LogP contribution in [0, 0.1) is 0 Å². The number of urea groups is 1. The molecule has 26 heavy (non-hydrogen) atoms. The lowest BCUT2D eigenvalue weighted by Gasteiger charge is -2.31. The van der Waals surface area contributed by atoms with Crippen LogP contribution in [0.1, 0.15) is 35.2 Å². The normalized spacial score (nSPS) is 21.2. The van der Waals surface area contributed by atoms with Gasteiger partial charge in [0.1, 0.15) is 11.5 Å². The lowest BCUT2D eigenvalue weighted by atomic mass is 9.76. The van der Waals surface area contributed by atoms with E-state index in [1.54, 1.807) is 4.68 Å². The number of carbonyl (C=O) groups excluding carboxylic acids is 1. The van der Waals surface area contributed by atoms with Crippen LogP contribution in [0.15, 0.2) is 21.5 Å². The molecular weight excluding hydrogens is 354 g/mol. The van der Waals surface area contributed by atoms with Gasteiger partial charge in [-0.15, -0.1) is 4.36 Å². The van der Waals surface area contributed by atoms with E-state index in [1.165, 1.54) is 28.5 Å². The van der Waals surface area contributed by atoms with Crippen LogP contribution in [-0.4, -0.2) is 26.6 Å². The molecule has 2 heterocycles. The van der Waals surface area contributed by atoms with Crippen LogP contribution in [0.2, 0.25) is 0 Å². The van der Waals surface area contributed by atoms with Crippen LogP contribution in [0.25, 0.3) is 0 Å². The fraction of sp³-hybridized carbons (Fsp3) is 0.412. The molecule has 3 N–H and O–H groups in total. The fourth-order valence-electron chi connectivity index (χ4n) is 3.78. The Morgan fingerprint density at radius 1 is 1.35 bits per heavy atom. The summed E-state index contributed by atoms with van der Waals surface area (Å²) < 4.78 is 23.7. The molecule has 2 atom stereocenters. The molecule has 1 aromatic heterocycles. The van der Waals surface area contributed by atoms with Crippen LogP contribution < -0.4 is 15.2 Å². The van der Waals surface area contributed by atoms with E-state index >= 15 is 0 Å². The number of aromatic nitrogens is 2. The smallest absolute Gasteiger partial charge is 0.354 e. The zero-order valence-electron chi connectivity index (χ0n) is 14.3. The molecule has 0 spiro atoms. The lowest BCUT2D eigenvalue weighted by Crippen LogP contribution is -2.24. The third kappa shape index (κ3) is 2.20. The Hall–Kier alpha value is -2.39. The maximum atomic E-state index is 12.9. The summed E-state index contributed by atoms with van der Waals surface area (Å²) in [7, 11) is -3.44. The van der Waals surface area contributed by atoms with Crippen LogP contribution in [0.4, 0.5) is 10.5 Å². The molecule has 136 valence electrons. The first-order chi connectivity index (χ1) is 12.4. The average molecular weight is 373 g/mol. The van der Waals surface area contributed by atoms with E-state index in [2.05, 4.69) is 20.8 Å². The Labute approximate surface area is 151 Å². The highest BCUT2D eigenvalue weighted by Crippen LogP contribution is 2.41. The number of rotatable bonds is 2. The molecule has 8 nitrogen and oxygen atoms in total. The van der Waals surface area contributed by atoms with Crippen molar-refractivity contribution in [3.05, 3.63) is 34.5 Å². The number of anilines is 1. The summed E-state index contributed by atoms with van der Waals surface area (Å²) in [5, 5.41) is 12.9. The molecule has 0 saturated heterocycles. The van der Waals surface area contributed by atoms with Crippen molar-refractivity contribution in [1.29, 1.82) is 0 Å². The summed E-state index contributed by atoms with van der Waals surface area (Å²) in [5.74, 6) is 0.328. The monoisotopic (exact) mass is 373 g/mol. The van der Waals surface area contributed by atoms with Gasteiger partial charge in [-0.25, -0.2) is 18.8 Å². The third-order valence-electron chi connectivity index (χ3n) is 5.38. The fourth-order valence-corrected chi connectivity index (χ4v) is 4.77. The zero-order chi connectivity index (χ0) is 18.1. The maximum absolute atomic E-state index is 12.9. The van der Waals surface area contributed by atoms with Crippen LogP contribution in [0.5, 0.6) is 5.88 Å². The number of nitrogens with two attached hydrogens (primary N) is 1. The van der Waals surface area contributed by atoms with Gasteiger partial charge in [0.25, 0.3) is 0 Å². The van der Waals surface area contributed by atoms with Gasteiger partial charge in [0, 0.05) is 5.69 Å². The molecule has 0 radical (unpaired) electrons. The van der Waals surface area contributed by atoms with Gasteiger partial charge >= 0.3 is 6.03 Å². The number of nitrogens with one attached hydrogen (secondary N) is 1. The second-order valence-corrected chi connectivity index (χ2v) is 8.80. The van der Waals surface area contributed by atoms with Crippen molar-refractivity contribution in [2.75, 3.05) is 11.9 Å². The number of carbonyl (C=O) groups is 1. The van der Waals surface area contributed by atoms with Crippen molar-refractivity contribution in [3.8, 4) is 5.88 Å². The summed E-state index contributed by atoms with van der Waals surface area (Å²) in [4.78, 5) is 12.6. The number of hydrogen-bond donors (Lipinski definition) is 2. The Morgan fingerprint density at radius 3 is 2.65 bits per heavy atom. The standard InChI is InChI=1S/C17H19N5O3S/c1-9-8-25-16-14(7-19-22(9)16)26(18,24)21-17(23)20-15-12-4-2-10(12)6-11-3-5-13(11)15/h6-7,9H,2-5,8H2,1H3,(H3,18,20,21,23,24)/t9-,26?/m0/s1. The minimum atomic E-state index is -3.44. The average Bonchev–Trinajstić information content (AvgIpc) is 3.07. The Bertz CT molecular complexity index is 1050. The van der Waals surface area contributed by atoms with Crippen molar-refractivity contribution in [3.63, 3.8) is 0 Å². The quantitative estimate of drug-likeness (QED) is 0.838. The van der Waals surface area contributed by atoms with E-state index in [4.69, 9.17) is 9.88 Å². The SMILES string of the molecule is C[C@H]1COc2c(S(N)(=O)=NC(=O)Nc3c4c(cc5c3CC5)CC4)cnn21. The van der Waals surface area contributed by atoms with E-state index in [9.17, 15) is 9.00 Å². The van der Waals surface area contributed by atoms with Crippen LogP contribution in [0.3, 0.4) is 0 Å². The molecule has 0 bridgehead atoms. The molecule has 9 heteroatoms. The van der Waals surface area contributed by atoms with E-state index in [0.29, 0.717) is 12.5 Å². The first kappa shape index (κ1) is 15.8. The van der Waals surface area contributed by atoms with Crippen molar-refractivity contribution in [2.24, 2.45) is 9.50 Å². The molecular formula is C17H19N5O3S. The first-order valence-electron chi connectivity index (χ1n) is 8.67. The molecule has 0 fully saturated rings. The number of ether oxygens (including phenoxy) is 1. The molecule has 3 aliphatic rings. The first-order valence-corrected chi connectivity index (χ1v) is 10.2. The Morgan fingerprint density at radius 2 is 2.04 bits per heavy atom. The predicted octanol–water partition coefficient (Wildman–Crippen LogP) is 1.97. The molecule has 1 unspecified atom stereocenters. The molecule has 0 saturated carbocycles. The highest BCUT2D eigenvalue weighted by molar-refractivity contribution is 7.91. The van der Waals surface area contributed by atoms with Crippen LogP contribution >= 0.6 is 0 Å². The molecule has 1 aromatic carbocycles. The number of benzene rings is 1. The number of amides is 2. The van der Waals surface area contributed by atoms with E-state index in [0.717, 1.165) is 31.4 Å². The van der Waals surface area contributed by atoms with Crippen LogP contribution in [-0.2, 0) is 35.6 Å². The second-order valence-electron chi connectivity index (χ2n) is 7.04. The number of fused-ring (bicyclic) bond motifs is 3. The van der Waals surface area contributed by atoms with Crippen molar-refractivity contribution in [1.82, 2.24) is 9.78 Å². The molecule has 2 aliphatic carbocycles. The largest absolute Gasteiger partial charge is 0.475 e. The zero-order valence-corrected chi connectivity index (χ0v) is 15.1. The minimum Gasteiger partial charge on any atom is -0.475 e. The number of hydrogen-bond acceptors (Lipinski definition) is 4. The highest BCUT2D eigenvalue weighted by Gasteiger charge is 2.30. The third-order valence-corrected chi connectivity index (χ3v) is 6.73. The minimum absolute atomic E-state index is 0.0322. The van der Waals surface area contributed by atoms with Gasteiger partial charge in [-0.3, -0.25) is 0 Å². The number of aryl methyl sites for hydroxylation is 2. The second kappa shape index (κ2) is 5.31. The van der Waals surface area contributed by atoms with Gasteiger partial charge in [0.15, 0.2) is 9.92 Å². The summed E-state index contributed by atoms with van der Waals surface area (Å²) in [5.41, 5.74) is 5.73. The van der Waals surface area contributed by atoms with Gasteiger partial charge in [-0.2, -0.15) is 5.10 Å². The van der Waals surface area contributed by atoms with E-state index in [-0.39, 0.29) is 10.9 Å². The van der Waals surface area contributed by atoms with Crippen molar-refractivity contribution in [2.45, 2.75) is 43.5 Å². The highest BCUT2D eigenvalue weighted by atomic mass is 32.2. The molecule has 5 rings (SSSR count). The summed E-state index contributed by atoms with van der Waals surface area (Å²) in [6.07, 6.45) is 5.33. The van der Waals surface area contributed by atoms with Gasteiger partial charge in [0.2, 0.25) is 5.88 Å². The number of nitrogens with zero attached hydrogens (tertiary/aromatic N) is 3. The summed E-state index contributed by atoms with van der Waals surface area (Å²) in [6, 6.07) is 1.56. The molecule has 2 aromatic rings. The lowest BCUT2D eigenvalue weighted by molar-refractivity contribution is 0.260. The van der Waals surface area contributed by atoms with Gasteiger partial charge in [-0.05, 0) is 54.9 Å². The summed E-state index contributed by atoms with van der Waals surface area (Å²) in [6.45, 7) is 2.36. The van der Waals surface area contributed by atoms with E-state index in [1.807, 2.05) is 6.92 Å². The predicted molar refractivity (Wildman–Crippen MR) is 95.7 cm³/mol. The Balaban J connectivity index is 1.47. The van der Waals surface area contributed by atoms with Crippen molar-refractivity contribution >= 4 is 21.6 Å². The Kier molecular flexibility index (Phi) is 3.23. The van der Waals surface area contributed by atoms with E-state index < -0.39 is 15.9 Å². The molecule has 2 amide bonds. The van der Waals surface area contributed by atoms with Crippen molar-refractivity contribution < 1.29 is 13.7 Å². The molecule has 1 aliphatic heterocycles.